The Morgan fingerprint density at radius 2 is 2.00 bits per heavy atom. The molecule has 2 saturated carbocycles. The van der Waals surface area contributed by atoms with E-state index in [4.69, 9.17) is 16.3 Å². The number of rotatable bonds is 3. The summed E-state index contributed by atoms with van der Waals surface area (Å²) in [5, 5.41) is 11.4. The molecule has 20 heavy (non-hydrogen) atoms. The van der Waals surface area contributed by atoms with Gasteiger partial charge in [-0.15, -0.1) is 0 Å². The zero-order valence-electron chi connectivity index (χ0n) is 11.6. The molecule has 0 bridgehead atoms. The second kappa shape index (κ2) is 4.92. The second-order valence-corrected chi connectivity index (χ2v) is 7.05. The topological polar surface area (TPSA) is 29.5 Å². The third kappa shape index (κ3) is 2.14. The van der Waals surface area contributed by atoms with Crippen LogP contribution in [0, 0.1) is 17.8 Å². The van der Waals surface area contributed by atoms with E-state index < -0.39 is 0 Å². The first-order valence-corrected chi connectivity index (χ1v) is 8.24. The van der Waals surface area contributed by atoms with Crippen LogP contribution in [0.2, 0.25) is 5.02 Å². The minimum absolute atomic E-state index is 0.227. The van der Waals surface area contributed by atoms with Gasteiger partial charge in [0.1, 0.15) is 5.75 Å². The van der Waals surface area contributed by atoms with E-state index in [9.17, 15) is 5.11 Å². The van der Waals surface area contributed by atoms with Crippen LogP contribution >= 0.6 is 11.6 Å². The summed E-state index contributed by atoms with van der Waals surface area (Å²) in [5.41, 5.74) is 2.30. The molecule has 0 amide bonds. The Kier molecular flexibility index (Phi) is 3.19. The lowest BCUT2D eigenvalue weighted by atomic mass is 9.99. The summed E-state index contributed by atoms with van der Waals surface area (Å²) in [5.74, 6) is 3.07. The molecular weight excluding hydrogens is 272 g/mol. The van der Waals surface area contributed by atoms with Crippen LogP contribution in [-0.2, 0) is 12.8 Å². The van der Waals surface area contributed by atoms with Gasteiger partial charge in [-0.05, 0) is 53.9 Å². The highest BCUT2D eigenvalue weighted by atomic mass is 35.5. The molecule has 0 saturated heterocycles. The zero-order chi connectivity index (χ0) is 13.7. The fourth-order valence-corrected chi connectivity index (χ4v) is 4.74. The van der Waals surface area contributed by atoms with Gasteiger partial charge in [0.25, 0.3) is 0 Å². The molecule has 3 heteroatoms. The normalized spacial score (nSPS) is 32.2. The molecule has 4 rings (SSSR count). The van der Waals surface area contributed by atoms with Gasteiger partial charge in [0.15, 0.2) is 0 Å². The van der Waals surface area contributed by atoms with Crippen LogP contribution in [0.15, 0.2) is 12.1 Å². The summed E-state index contributed by atoms with van der Waals surface area (Å²) in [6.45, 7) is 0.744. The number of aliphatic hydroxyl groups is 1. The predicted octanol–water partition coefficient (Wildman–Crippen LogP) is 3.61. The molecule has 1 aliphatic heterocycles. The number of aliphatic hydroxyl groups excluding tert-OH is 1. The Bertz CT molecular complexity index is 516. The largest absolute Gasteiger partial charge is 0.493 e. The van der Waals surface area contributed by atoms with E-state index in [2.05, 4.69) is 0 Å². The molecule has 1 N–H and O–H groups in total. The molecule has 0 radical (unpaired) electrons. The highest BCUT2D eigenvalue weighted by Crippen LogP contribution is 2.57. The Hall–Kier alpha value is -0.730. The minimum Gasteiger partial charge on any atom is -0.493 e. The standard InChI is InChI=1S/C17H21ClO2/c18-12-7-10-5-6-20-17(10)11(8-12)9-15(19)16-13-3-1-2-4-14(13)16/h7-8,13-16,19H,1-6,9H2. The summed E-state index contributed by atoms with van der Waals surface area (Å²) in [6, 6.07) is 3.97. The van der Waals surface area contributed by atoms with Crippen LogP contribution in [0.25, 0.3) is 0 Å². The average molecular weight is 293 g/mol. The molecule has 3 unspecified atom stereocenters. The van der Waals surface area contributed by atoms with Crippen LogP contribution < -0.4 is 4.74 Å². The summed E-state index contributed by atoms with van der Waals surface area (Å²) in [6.07, 6.45) is 6.73. The van der Waals surface area contributed by atoms with Gasteiger partial charge in [-0.3, -0.25) is 0 Å². The van der Waals surface area contributed by atoms with Crippen molar-refractivity contribution < 1.29 is 9.84 Å². The SMILES string of the molecule is OC(Cc1cc(Cl)cc2c1OCC2)C1C2CCCCC21. The van der Waals surface area contributed by atoms with E-state index >= 15 is 0 Å². The third-order valence-corrected chi connectivity index (χ3v) is 5.64. The van der Waals surface area contributed by atoms with Gasteiger partial charge in [0, 0.05) is 17.9 Å². The van der Waals surface area contributed by atoms with Crippen molar-refractivity contribution in [1.82, 2.24) is 0 Å². The number of benzene rings is 1. The summed E-state index contributed by atoms with van der Waals surface area (Å²) >= 11 is 6.19. The van der Waals surface area contributed by atoms with Crippen LogP contribution in [0.5, 0.6) is 5.75 Å². The molecular formula is C17H21ClO2. The summed E-state index contributed by atoms with van der Waals surface area (Å²) < 4.78 is 5.73. The lowest BCUT2D eigenvalue weighted by molar-refractivity contribution is 0.139. The van der Waals surface area contributed by atoms with E-state index in [0.29, 0.717) is 12.3 Å². The Balaban J connectivity index is 1.52. The smallest absolute Gasteiger partial charge is 0.126 e. The Morgan fingerprint density at radius 3 is 2.75 bits per heavy atom. The van der Waals surface area contributed by atoms with Gasteiger partial charge >= 0.3 is 0 Å². The van der Waals surface area contributed by atoms with Crippen molar-refractivity contribution in [1.29, 1.82) is 0 Å². The van der Waals surface area contributed by atoms with E-state index in [1.807, 2.05) is 12.1 Å². The quantitative estimate of drug-likeness (QED) is 0.922. The molecule has 1 aromatic rings. The van der Waals surface area contributed by atoms with Crippen LogP contribution in [0.3, 0.4) is 0 Å². The van der Waals surface area contributed by atoms with Crippen molar-refractivity contribution in [3.05, 3.63) is 28.3 Å². The number of halogens is 1. The van der Waals surface area contributed by atoms with Crippen molar-refractivity contribution in [3.63, 3.8) is 0 Å². The van der Waals surface area contributed by atoms with E-state index in [0.717, 1.165) is 41.2 Å². The van der Waals surface area contributed by atoms with Crippen molar-refractivity contribution >= 4 is 11.6 Å². The molecule has 0 spiro atoms. The second-order valence-electron chi connectivity index (χ2n) is 6.61. The lowest BCUT2D eigenvalue weighted by Crippen LogP contribution is -2.15. The third-order valence-electron chi connectivity index (χ3n) is 5.42. The van der Waals surface area contributed by atoms with E-state index in [1.165, 1.54) is 31.2 Å². The van der Waals surface area contributed by atoms with Crippen molar-refractivity contribution in [2.75, 3.05) is 6.61 Å². The first-order chi connectivity index (χ1) is 9.74. The van der Waals surface area contributed by atoms with Crippen molar-refractivity contribution in [3.8, 4) is 5.75 Å². The van der Waals surface area contributed by atoms with Crippen LogP contribution in [0.4, 0.5) is 0 Å². The molecule has 3 aliphatic rings. The maximum atomic E-state index is 10.6. The maximum Gasteiger partial charge on any atom is 0.126 e. The van der Waals surface area contributed by atoms with Gasteiger partial charge in [-0.1, -0.05) is 24.4 Å². The Morgan fingerprint density at radius 1 is 1.25 bits per heavy atom. The average Bonchev–Trinajstić information content (AvgIpc) is 2.98. The monoisotopic (exact) mass is 292 g/mol. The zero-order valence-corrected chi connectivity index (χ0v) is 12.4. The molecule has 0 aromatic heterocycles. The van der Waals surface area contributed by atoms with Gasteiger partial charge < -0.3 is 9.84 Å². The minimum atomic E-state index is -0.227. The van der Waals surface area contributed by atoms with Crippen molar-refractivity contribution in [2.24, 2.45) is 17.8 Å². The highest BCUT2D eigenvalue weighted by Gasteiger charge is 2.53. The van der Waals surface area contributed by atoms with E-state index in [1.54, 1.807) is 0 Å². The van der Waals surface area contributed by atoms with Crippen LogP contribution in [0.1, 0.15) is 36.8 Å². The molecule has 1 heterocycles. The van der Waals surface area contributed by atoms with Crippen molar-refractivity contribution in [2.45, 2.75) is 44.6 Å². The molecule has 3 atom stereocenters. The highest BCUT2D eigenvalue weighted by molar-refractivity contribution is 6.30. The van der Waals surface area contributed by atoms with Gasteiger partial charge in [0.05, 0.1) is 12.7 Å². The molecule has 2 nitrogen and oxygen atoms in total. The molecule has 2 fully saturated rings. The number of hydrogen-bond donors (Lipinski definition) is 1. The first-order valence-electron chi connectivity index (χ1n) is 7.86. The fourth-order valence-electron chi connectivity index (χ4n) is 4.48. The number of ether oxygens (including phenoxy) is 1. The Labute approximate surface area is 125 Å². The van der Waals surface area contributed by atoms with Gasteiger partial charge in [0.2, 0.25) is 0 Å². The summed E-state index contributed by atoms with van der Waals surface area (Å²) in [4.78, 5) is 0. The lowest BCUT2D eigenvalue weighted by Gasteiger charge is -2.14. The molecule has 2 aliphatic carbocycles. The summed E-state index contributed by atoms with van der Waals surface area (Å²) in [7, 11) is 0. The van der Waals surface area contributed by atoms with E-state index in [-0.39, 0.29) is 6.10 Å². The predicted molar refractivity (Wildman–Crippen MR) is 79.3 cm³/mol. The molecule has 108 valence electrons. The van der Waals surface area contributed by atoms with Crippen LogP contribution in [-0.4, -0.2) is 17.8 Å². The van der Waals surface area contributed by atoms with Gasteiger partial charge in [-0.25, -0.2) is 0 Å². The van der Waals surface area contributed by atoms with Gasteiger partial charge in [-0.2, -0.15) is 0 Å². The first kappa shape index (κ1) is 13.0. The maximum absolute atomic E-state index is 10.6. The number of fused-ring (bicyclic) bond motifs is 2. The molecule has 1 aromatic carbocycles. The fraction of sp³-hybridized carbons (Fsp3) is 0.647. The number of hydrogen-bond acceptors (Lipinski definition) is 2.